The summed E-state index contributed by atoms with van der Waals surface area (Å²) in [6.07, 6.45) is 3.44. The molecule has 1 unspecified atom stereocenters. The molecule has 0 aliphatic carbocycles. The van der Waals surface area contributed by atoms with Crippen LogP contribution in [0.4, 0.5) is 0 Å². The number of fused-ring (bicyclic) bond motifs is 1. The van der Waals surface area contributed by atoms with Crippen molar-refractivity contribution in [3.05, 3.63) is 35.4 Å². The highest BCUT2D eigenvalue weighted by Gasteiger charge is 2.25. The van der Waals surface area contributed by atoms with E-state index in [0.29, 0.717) is 18.8 Å². The van der Waals surface area contributed by atoms with E-state index in [4.69, 9.17) is 4.74 Å². The summed E-state index contributed by atoms with van der Waals surface area (Å²) >= 11 is 0. The second-order valence-electron chi connectivity index (χ2n) is 8.05. The van der Waals surface area contributed by atoms with Gasteiger partial charge in [-0.1, -0.05) is 20.8 Å². The van der Waals surface area contributed by atoms with Crippen molar-refractivity contribution in [3.63, 3.8) is 0 Å². The zero-order chi connectivity index (χ0) is 21.3. The van der Waals surface area contributed by atoms with Crippen LogP contribution >= 0.6 is 0 Å². The van der Waals surface area contributed by atoms with Crippen LogP contribution in [0.2, 0.25) is 0 Å². The first-order valence-electron chi connectivity index (χ1n) is 10.5. The molecule has 0 saturated carbocycles. The second-order valence-corrected chi connectivity index (χ2v) is 8.05. The molecule has 160 valence electrons. The summed E-state index contributed by atoms with van der Waals surface area (Å²) in [6, 6.07) is 2.03. The quantitative estimate of drug-likeness (QED) is 0.644. The number of likely N-dealkylation sites (N-methyl/N-ethyl adjacent to an activating group) is 1. The minimum Gasteiger partial charge on any atom is -0.374 e. The van der Waals surface area contributed by atoms with Gasteiger partial charge in [-0.25, -0.2) is 9.50 Å². The Hall–Kier alpha value is -2.78. The molecule has 1 fully saturated rings. The third kappa shape index (κ3) is 3.95. The number of morpholine rings is 1. The first kappa shape index (κ1) is 20.5. The molecule has 30 heavy (non-hydrogen) atoms. The number of pyridine rings is 1. The summed E-state index contributed by atoms with van der Waals surface area (Å²) in [4.78, 5) is 19.6. The van der Waals surface area contributed by atoms with Crippen LogP contribution in [0.5, 0.6) is 0 Å². The molecule has 1 atom stereocenters. The summed E-state index contributed by atoms with van der Waals surface area (Å²) < 4.78 is 7.54. The van der Waals surface area contributed by atoms with Crippen LogP contribution in [-0.2, 0) is 4.74 Å². The summed E-state index contributed by atoms with van der Waals surface area (Å²) in [5.41, 5.74) is 4.88. The Morgan fingerprint density at radius 3 is 3.03 bits per heavy atom. The number of aromatic nitrogens is 5. The Bertz CT molecular complexity index is 1040. The van der Waals surface area contributed by atoms with Gasteiger partial charge in [0.05, 0.1) is 18.4 Å². The Morgan fingerprint density at radius 1 is 1.43 bits per heavy atom. The number of carbonyl (C=O) groups excluding carboxylic acids is 1. The zero-order valence-electron chi connectivity index (χ0n) is 18.0. The zero-order valence-corrected chi connectivity index (χ0v) is 18.0. The number of hydrogen-bond donors (Lipinski definition) is 2. The average Bonchev–Trinajstić information content (AvgIpc) is 3.39. The van der Waals surface area contributed by atoms with E-state index in [9.17, 15) is 4.79 Å². The number of nitrogens with one attached hydrogen (secondary N) is 2. The van der Waals surface area contributed by atoms with Crippen molar-refractivity contribution in [2.45, 2.75) is 39.7 Å². The van der Waals surface area contributed by atoms with E-state index in [0.717, 1.165) is 47.7 Å². The lowest BCUT2D eigenvalue weighted by atomic mass is 9.96. The van der Waals surface area contributed by atoms with Gasteiger partial charge in [-0.15, -0.1) is 0 Å². The highest BCUT2D eigenvalue weighted by Crippen LogP contribution is 2.31. The van der Waals surface area contributed by atoms with Crippen molar-refractivity contribution >= 4 is 11.6 Å². The van der Waals surface area contributed by atoms with Crippen molar-refractivity contribution in [1.29, 1.82) is 0 Å². The van der Waals surface area contributed by atoms with Gasteiger partial charge in [-0.2, -0.15) is 10.2 Å². The molecule has 0 radical (unpaired) electrons. The number of H-pyrrole nitrogens is 1. The van der Waals surface area contributed by atoms with Gasteiger partial charge in [0.25, 0.3) is 5.91 Å². The minimum absolute atomic E-state index is 0.00455. The van der Waals surface area contributed by atoms with Crippen molar-refractivity contribution in [2.24, 2.45) is 0 Å². The number of rotatable bonds is 6. The van der Waals surface area contributed by atoms with Crippen LogP contribution in [0, 0.1) is 6.92 Å². The number of aryl methyl sites for hydroxylation is 1. The van der Waals surface area contributed by atoms with Crippen LogP contribution in [-0.4, -0.2) is 74.5 Å². The molecular weight excluding hydrogens is 382 g/mol. The number of aromatic amines is 1. The van der Waals surface area contributed by atoms with Crippen molar-refractivity contribution in [2.75, 3.05) is 32.8 Å². The third-order valence-electron chi connectivity index (χ3n) is 5.60. The van der Waals surface area contributed by atoms with Gasteiger partial charge in [0.2, 0.25) is 0 Å². The largest absolute Gasteiger partial charge is 0.374 e. The molecule has 0 aromatic carbocycles. The van der Waals surface area contributed by atoms with Crippen LogP contribution in [0.15, 0.2) is 18.6 Å². The maximum absolute atomic E-state index is 13.0. The number of ether oxygens (including phenoxy) is 1. The van der Waals surface area contributed by atoms with Crippen molar-refractivity contribution in [1.82, 2.24) is 35.0 Å². The Kier molecular flexibility index (Phi) is 5.83. The fourth-order valence-electron chi connectivity index (χ4n) is 4.02. The fourth-order valence-corrected chi connectivity index (χ4v) is 4.02. The number of amides is 1. The summed E-state index contributed by atoms with van der Waals surface area (Å²) in [5.74, 6) is -0.0407. The molecular formula is C21H29N7O2. The van der Waals surface area contributed by atoms with Gasteiger partial charge in [0.1, 0.15) is 12.0 Å². The van der Waals surface area contributed by atoms with Gasteiger partial charge in [0.15, 0.2) is 5.65 Å². The van der Waals surface area contributed by atoms with E-state index in [1.807, 2.05) is 19.2 Å². The monoisotopic (exact) mass is 411 g/mol. The first-order chi connectivity index (χ1) is 14.5. The number of carbonyl (C=O) groups is 1. The summed E-state index contributed by atoms with van der Waals surface area (Å²) in [5, 5.41) is 14.7. The number of nitrogens with zero attached hydrogens (tertiary/aromatic N) is 5. The molecule has 1 aliphatic heterocycles. The van der Waals surface area contributed by atoms with Crippen LogP contribution < -0.4 is 5.32 Å². The van der Waals surface area contributed by atoms with E-state index < -0.39 is 0 Å². The van der Waals surface area contributed by atoms with Crippen LogP contribution in [0.25, 0.3) is 16.9 Å². The van der Waals surface area contributed by atoms with Crippen molar-refractivity contribution in [3.8, 4) is 11.3 Å². The van der Waals surface area contributed by atoms with Crippen molar-refractivity contribution < 1.29 is 9.53 Å². The molecule has 1 aliphatic rings. The molecule has 3 aromatic heterocycles. The molecule has 4 rings (SSSR count). The lowest BCUT2D eigenvalue weighted by Crippen LogP contribution is -2.47. The smallest absolute Gasteiger partial charge is 0.269 e. The normalized spacial score (nSPS) is 17.7. The lowest BCUT2D eigenvalue weighted by molar-refractivity contribution is -0.0246. The molecule has 1 saturated heterocycles. The lowest BCUT2D eigenvalue weighted by Gasteiger charge is -2.32. The van der Waals surface area contributed by atoms with Gasteiger partial charge < -0.3 is 10.1 Å². The molecule has 4 heterocycles. The Morgan fingerprint density at radius 2 is 2.27 bits per heavy atom. The average molecular weight is 412 g/mol. The third-order valence-corrected chi connectivity index (χ3v) is 5.60. The fraction of sp³-hybridized carbons (Fsp3) is 0.524. The standard InChI is InChI=1S/C21H29N7O2/c1-5-27-6-7-30-16(11-27)9-22-21(29)19-17(13(2)3)18(25-26-19)15-8-14(4)20-23-12-24-28(20)10-15/h8,10,12-13,16H,5-7,9,11H2,1-4H3,(H,22,29)(H,25,26). The summed E-state index contributed by atoms with van der Waals surface area (Å²) in [7, 11) is 0. The van der Waals surface area contributed by atoms with Crippen LogP contribution in [0.1, 0.15) is 48.3 Å². The predicted octanol–water partition coefficient (Wildman–Crippen LogP) is 2.00. The molecule has 9 nitrogen and oxygen atoms in total. The molecule has 2 N–H and O–H groups in total. The SMILES string of the molecule is CCN1CCOC(CNC(=O)c2[nH]nc(-c3cc(C)c4ncnn4c3)c2C(C)C)C1. The molecule has 3 aromatic rings. The number of hydrogen-bond acceptors (Lipinski definition) is 6. The molecule has 0 spiro atoms. The molecule has 0 bridgehead atoms. The maximum atomic E-state index is 13.0. The van der Waals surface area contributed by atoms with Gasteiger partial charge >= 0.3 is 0 Å². The predicted molar refractivity (Wildman–Crippen MR) is 114 cm³/mol. The van der Waals surface area contributed by atoms with E-state index in [2.05, 4.69) is 51.3 Å². The molecule has 1 amide bonds. The summed E-state index contributed by atoms with van der Waals surface area (Å²) in [6.45, 7) is 12.2. The molecule has 9 heteroatoms. The Balaban J connectivity index is 1.57. The van der Waals surface area contributed by atoms with E-state index in [1.165, 1.54) is 6.33 Å². The first-order valence-corrected chi connectivity index (χ1v) is 10.5. The highest BCUT2D eigenvalue weighted by atomic mass is 16.5. The van der Waals surface area contributed by atoms with Gasteiger partial charge in [-0.3, -0.25) is 14.8 Å². The van der Waals surface area contributed by atoms with E-state index in [1.54, 1.807) is 4.52 Å². The minimum atomic E-state index is -0.159. The van der Waals surface area contributed by atoms with E-state index >= 15 is 0 Å². The van der Waals surface area contributed by atoms with Crippen LogP contribution in [0.3, 0.4) is 0 Å². The second kappa shape index (κ2) is 8.53. The Labute approximate surface area is 175 Å². The topological polar surface area (TPSA) is 100 Å². The van der Waals surface area contributed by atoms with E-state index in [-0.39, 0.29) is 17.9 Å². The van der Waals surface area contributed by atoms with Gasteiger partial charge in [0, 0.05) is 37.0 Å². The van der Waals surface area contributed by atoms with Gasteiger partial charge in [-0.05, 0) is 31.0 Å². The highest BCUT2D eigenvalue weighted by molar-refractivity contribution is 5.95. The maximum Gasteiger partial charge on any atom is 0.269 e.